The monoisotopic (exact) mass is 534 g/mol. The van der Waals surface area contributed by atoms with E-state index in [9.17, 15) is 13.2 Å². The van der Waals surface area contributed by atoms with Crippen molar-refractivity contribution in [2.45, 2.75) is 123 Å². The Morgan fingerprint density at radius 3 is 1.67 bits per heavy atom. The van der Waals surface area contributed by atoms with E-state index in [1.54, 1.807) is 13.8 Å². The van der Waals surface area contributed by atoms with Crippen molar-refractivity contribution in [2.24, 2.45) is 17.6 Å². The molecule has 0 radical (unpaired) electrons. The smallest absolute Gasteiger partial charge is 0.320 e. The van der Waals surface area contributed by atoms with Gasteiger partial charge >= 0.3 is 5.97 Å². The number of carbonyl (C=O) groups is 1. The molecule has 0 aromatic heterocycles. The standard InChI is InChI=1S/C22H43NO4S.C5H11NO2/c1-3-4-5-6-7-8-9-10-11-12-13-14-15-16-19-26-20-22(17-18-23)21-27-28(2,24)25;1-3(2)4(6)5(7)8/h22H,3-17,19-21H2,1-2H3;3-4H,6H2,1-2H3,(H,7,8)/t;4-/m.0/s1. The van der Waals surface area contributed by atoms with Crippen LogP contribution in [0.4, 0.5) is 0 Å². The molecule has 9 heteroatoms. The second-order valence-corrected chi connectivity index (χ2v) is 11.6. The highest BCUT2D eigenvalue weighted by atomic mass is 32.2. The number of hydrogen-bond donors (Lipinski definition) is 2. The Labute approximate surface area is 221 Å². The number of hydrogen-bond acceptors (Lipinski definition) is 7. The topological polar surface area (TPSA) is 140 Å². The Kier molecular flexibility index (Phi) is 26.1. The molecule has 0 aliphatic rings. The highest BCUT2D eigenvalue weighted by Gasteiger charge is 2.14. The largest absolute Gasteiger partial charge is 0.480 e. The maximum Gasteiger partial charge on any atom is 0.320 e. The first-order chi connectivity index (χ1) is 17.0. The van der Waals surface area contributed by atoms with E-state index in [1.807, 2.05) is 0 Å². The molecule has 0 spiro atoms. The van der Waals surface area contributed by atoms with Crippen molar-refractivity contribution in [3.63, 3.8) is 0 Å². The van der Waals surface area contributed by atoms with Crippen LogP contribution >= 0.6 is 0 Å². The van der Waals surface area contributed by atoms with E-state index in [0.717, 1.165) is 12.7 Å². The lowest BCUT2D eigenvalue weighted by molar-refractivity contribution is -0.139. The van der Waals surface area contributed by atoms with Crippen LogP contribution in [0.3, 0.4) is 0 Å². The molecule has 214 valence electrons. The van der Waals surface area contributed by atoms with Gasteiger partial charge in [0.2, 0.25) is 0 Å². The predicted molar refractivity (Wildman–Crippen MR) is 146 cm³/mol. The lowest BCUT2D eigenvalue weighted by Gasteiger charge is -2.13. The third kappa shape index (κ3) is 29.0. The van der Waals surface area contributed by atoms with E-state index >= 15 is 0 Å². The lowest BCUT2D eigenvalue weighted by Crippen LogP contribution is -2.34. The minimum absolute atomic E-state index is 0.0190. The first-order valence-electron chi connectivity index (χ1n) is 13.8. The van der Waals surface area contributed by atoms with Crippen molar-refractivity contribution in [2.75, 3.05) is 26.1 Å². The van der Waals surface area contributed by atoms with Gasteiger partial charge in [0.15, 0.2) is 0 Å². The quantitative estimate of drug-likeness (QED) is 0.119. The SMILES string of the molecule is CC(C)[C@H](N)C(=O)O.CCCCCCCCCCCCCCCCOCC(CC#N)COS(C)(=O)=O. The fraction of sp³-hybridized carbons (Fsp3) is 0.926. The Morgan fingerprint density at radius 1 is 0.889 bits per heavy atom. The zero-order chi connectivity index (χ0) is 27.7. The molecule has 0 saturated heterocycles. The van der Waals surface area contributed by atoms with E-state index in [2.05, 4.69) is 13.0 Å². The summed E-state index contributed by atoms with van der Waals surface area (Å²) in [6.45, 7) is 6.88. The number of carboxylic acids is 1. The van der Waals surface area contributed by atoms with Gasteiger partial charge in [0.25, 0.3) is 10.1 Å². The number of ether oxygens (including phenoxy) is 1. The normalized spacial score (nSPS) is 13.0. The Hall–Kier alpha value is -1.21. The van der Waals surface area contributed by atoms with Crippen LogP contribution in [0.2, 0.25) is 0 Å². The average Bonchev–Trinajstić information content (AvgIpc) is 2.81. The second-order valence-electron chi connectivity index (χ2n) is 10.00. The minimum Gasteiger partial charge on any atom is -0.480 e. The number of aliphatic carboxylic acids is 1. The molecule has 0 amide bonds. The van der Waals surface area contributed by atoms with Gasteiger partial charge in [-0.1, -0.05) is 104 Å². The number of nitrogens with zero attached hydrogens (tertiary/aromatic N) is 1. The average molecular weight is 535 g/mol. The molecular weight excluding hydrogens is 480 g/mol. The van der Waals surface area contributed by atoms with Crippen LogP contribution in [0.5, 0.6) is 0 Å². The molecule has 0 heterocycles. The van der Waals surface area contributed by atoms with Crippen molar-refractivity contribution < 1.29 is 27.2 Å². The molecule has 1 unspecified atom stereocenters. The van der Waals surface area contributed by atoms with Crippen molar-refractivity contribution in [1.29, 1.82) is 5.26 Å². The van der Waals surface area contributed by atoms with E-state index in [-0.39, 0.29) is 24.9 Å². The van der Waals surface area contributed by atoms with Crippen molar-refractivity contribution >= 4 is 16.1 Å². The summed E-state index contributed by atoms with van der Waals surface area (Å²) in [5.74, 6) is -1.10. The van der Waals surface area contributed by atoms with E-state index in [0.29, 0.717) is 13.2 Å². The van der Waals surface area contributed by atoms with Gasteiger partial charge in [-0.3, -0.25) is 8.98 Å². The lowest BCUT2D eigenvalue weighted by atomic mass is 10.0. The molecule has 3 N–H and O–H groups in total. The third-order valence-electron chi connectivity index (χ3n) is 5.90. The molecule has 0 aliphatic heterocycles. The van der Waals surface area contributed by atoms with Crippen LogP contribution in [0.1, 0.15) is 117 Å². The van der Waals surface area contributed by atoms with Crippen molar-refractivity contribution in [1.82, 2.24) is 0 Å². The maximum absolute atomic E-state index is 11.0. The van der Waals surface area contributed by atoms with Crippen LogP contribution in [0.25, 0.3) is 0 Å². The van der Waals surface area contributed by atoms with Gasteiger partial charge < -0.3 is 15.6 Å². The highest BCUT2D eigenvalue weighted by molar-refractivity contribution is 7.85. The molecule has 0 aromatic rings. The summed E-state index contributed by atoms with van der Waals surface area (Å²) in [6.07, 6.45) is 19.8. The van der Waals surface area contributed by atoms with Gasteiger partial charge in [0.1, 0.15) is 6.04 Å². The Balaban J connectivity index is 0. The van der Waals surface area contributed by atoms with Gasteiger partial charge in [0.05, 0.1) is 25.5 Å². The third-order valence-corrected chi connectivity index (χ3v) is 6.46. The summed E-state index contributed by atoms with van der Waals surface area (Å²) in [4.78, 5) is 10.0. The van der Waals surface area contributed by atoms with Crippen LogP contribution in [0.15, 0.2) is 0 Å². The number of nitriles is 1. The van der Waals surface area contributed by atoms with Crippen LogP contribution in [0, 0.1) is 23.2 Å². The number of unbranched alkanes of at least 4 members (excludes halogenated alkanes) is 13. The van der Waals surface area contributed by atoms with Gasteiger partial charge in [-0.05, 0) is 12.3 Å². The fourth-order valence-corrected chi connectivity index (χ4v) is 3.89. The minimum atomic E-state index is -3.46. The summed E-state index contributed by atoms with van der Waals surface area (Å²) < 4.78 is 32.4. The molecule has 0 saturated carbocycles. The Bertz CT molecular complexity index is 649. The van der Waals surface area contributed by atoms with Gasteiger partial charge in [-0.2, -0.15) is 13.7 Å². The van der Waals surface area contributed by atoms with Crippen molar-refractivity contribution in [3.05, 3.63) is 0 Å². The highest BCUT2D eigenvalue weighted by Crippen LogP contribution is 2.13. The predicted octanol–water partition coefficient (Wildman–Crippen LogP) is 6.04. The number of carboxylic acid groups (broad SMARTS) is 1. The molecule has 36 heavy (non-hydrogen) atoms. The van der Waals surface area contributed by atoms with Crippen LogP contribution in [-0.4, -0.2) is 51.6 Å². The van der Waals surface area contributed by atoms with Gasteiger partial charge in [-0.25, -0.2) is 0 Å². The van der Waals surface area contributed by atoms with Gasteiger partial charge in [0, 0.05) is 18.9 Å². The van der Waals surface area contributed by atoms with Crippen LogP contribution < -0.4 is 5.73 Å². The second kappa shape index (κ2) is 25.4. The Morgan fingerprint density at radius 2 is 1.33 bits per heavy atom. The molecule has 0 aromatic carbocycles. The van der Waals surface area contributed by atoms with E-state index in [4.69, 9.17) is 25.0 Å². The van der Waals surface area contributed by atoms with E-state index < -0.39 is 22.1 Å². The molecule has 0 fully saturated rings. The molecular formula is C27H54N2O6S. The summed E-state index contributed by atoms with van der Waals surface area (Å²) >= 11 is 0. The molecule has 8 nitrogen and oxygen atoms in total. The zero-order valence-electron chi connectivity index (χ0n) is 23.4. The van der Waals surface area contributed by atoms with Crippen LogP contribution in [-0.2, 0) is 23.8 Å². The molecule has 0 rings (SSSR count). The first kappa shape index (κ1) is 36.9. The summed E-state index contributed by atoms with van der Waals surface area (Å²) in [5, 5.41) is 17.0. The van der Waals surface area contributed by atoms with Crippen molar-refractivity contribution in [3.8, 4) is 6.07 Å². The van der Waals surface area contributed by atoms with Gasteiger partial charge in [-0.15, -0.1) is 0 Å². The zero-order valence-corrected chi connectivity index (χ0v) is 24.2. The number of rotatable bonds is 23. The first-order valence-corrected chi connectivity index (χ1v) is 15.6. The molecule has 0 bridgehead atoms. The summed E-state index contributed by atoms with van der Waals surface area (Å²) in [5.41, 5.74) is 5.16. The fourth-order valence-electron chi connectivity index (χ4n) is 3.45. The molecule has 0 aliphatic carbocycles. The number of nitrogens with two attached hydrogens (primary N) is 1. The molecule has 2 atom stereocenters. The maximum atomic E-state index is 11.0. The summed E-state index contributed by atoms with van der Waals surface area (Å²) in [6, 6.07) is 1.34. The summed E-state index contributed by atoms with van der Waals surface area (Å²) in [7, 11) is -3.46. The van der Waals surface area contributed by atoms with E-state index in [1.165, 1.54) is 83.5 Å².